The summed E-state index contributed by atoms with van der Waals surface area (Å²) in [5.74, 6) is -5.14. The monoisotopic (exact) mass is 652 g/mol. The fourth-order valence-electron chi connectivity index (χ4n) is 4.37. The van der Waals surface area contributed by atoms with Gasteiger partial charge in [-0.15, -0.1) is 0 Å². The number of rotatable bonds is 9. The van der Waals surface area contributed by atoms with Crippen LogP contribution in [0.15, 0.2) is 16.9 Å². The number of carbonyl (C=O) groups excluding carboxylic acids is 7. The third-order valence-corrected chi connectivity index (χ3v) is 6.87. The first-order chi connectivity index (χ1) is 21.7. The topological polar surface area (TPSA) is 358 Å². The average molecular weight is 653 g/mol. The van der Waals surface area contributed by atoms with E-state index in [1.54, 1.807) is 0 Å². The molecule has 18 N–H and O–H groups in total. The molecular weight excluding hydrogens is 608 g/mol. The van der Waals surface area contributed by atoms with Gasteiger partial charge < -0.3 is 71.2 Å². The molecule has 21 nitrogen and oxygen atoms in total. The summed E-state index contributed by atoms with van der Waals surface area (Å²) in [6.07, 6.45) is 1.90. The Hall–Kier alpha value is -5.02. The van der Waals surface area contributed by atoms with E-state index in [4.69, 9.17) is 28.7 Å². The normalized spacial score (nSPS) is 26.6. The van der Waals surface area contributed by atoms with Gasteiger partial charge in [0.15, 0.2) is 5.96 Å². The Balaban J connectivity index is 2.47. The van der Waals surface area contributed by atoms with Crippen LogP contribution in [0.1, 0.15) is 32.6 Å². The van der Waals surface area contributed by atoms with Crippen LogP contribution in [0, 0.1) is 0 Å². The molecule has 2 heterocycles. The van der Waals surface area contributed by atoms with Gasteiger partial charge in [-0.25, -0.2) is 4.79 Å². The van der Waals surface area contributed by atoms with Crippen molar-refractivity contribution >= 4 is 47.4 Å². The maximum absolute atomic E-state index is 13.5. The second-order valence-corrected chi connectivity index (χ2v) is 10.6. The summed E-state index contributed by atoms with van der Waals surface area (Å²) in [7, 11) is 0. The molecule has 6 atom stereocenters. The lowest BCUT2D eigenvalue weighted by Crippen LogP contribution is -2.64. The van der Waals surface area contributed by atoms with Gasteiger partial charge in [-0.1, -0.05) is 0 Å². The standard InChI is InChI=1S/C25H44N14O7/c1-11-19(41)36-14(8-27)20(42)37-16(10-33-25(30)46)22(44)39-18(13-4-6-31-24(29)38-13)23(45)32-9-15(21(43)34-11)35-17(40)7-12(28)3-2-5-26/h10-15,18H,2-9,26-28H2,1H3,(H,32,45)(H,34,43)(H,35,40)(H,36,41)(H,37,42)(H,39,44)(H3,29,31,38)(H3,30,33,46)/b16-10-/t11-,12-,13?,14-,15-,18-/m0/s1. The van der Waals surface area contributed by atoms with Crippen LogP contribution in [-0.4, -0.2) is 110 Å². The zero-order valence-corrected chi connectivity index (χ0v) is 25.4. The minimum Gasteiger partial charge on any atom is -0.370 e. The van der Waals surface area contributed by atoms with Crippen LogP contribution in [0.5, 0.6) is 0 Å². The molecule has 256 valence electrons. The molecule has 2 aliphatic heterocycles. The number of nitrogens with one attached hydrogen (secondary N) is 8. The third kappa shape index (κ3) is 11.8. The smallest absolute Gasteiger partial charge is 0.316 e. The van der Waals surface area contributed by atoms with E-state index < -0.39 is 96.5 Å². The summed E-state index contributed by atoms with van der Waals surface area (Å²) in [5.41, 5.74) is 27.5. The van der Waals surface area contributed by atoms with Crippen molar-refractivity contribution in [1.29, 1.82) is 0 Å². The van der Waals surface area contributed by atoms with E-state index in [2.05, 4.69) is 47.5 Å². The molecule has 1 unspecified atom stereocenters. The Morgan fingerprint density at radius 2 is 1.74 bits per heavy atom. The fraction of sp³-hybridized carbons (Fsp3) is 0.600. The summed E-state index contributed by atoms with van der Waals surface area (Å²) in [5, 5.41) is 19.4. The summed E-state index contributed by atoms with van der Waals surface area (Å²) in [4.78, 5) is 94.2. The van der Waals surface area contributed by atoms with Gasteiger partial charge in [-0.05, 0) is 32.7 Å². The van der Waals surface area contributed by atoms with E-state index in [0.29, 0.717) is 19.4 Å². The number of nitrogens with zero attached hydrogens (tertiary/aromatic N) is 1. The van der Waals surface area contributed by atoms with E-state index in [1.807, 2.05) is 0 Å². The molecule has 0 aliphatic carbocycles. The van der Waals surface area contributed by atoms with Crippen LogP contribution < -0.4 is 71.2 Å². The zero-order chi connectivity index (χ0) is 34.4. The Morgan fingerprint density at radius 3 is 2.37 bits per heavy atom. The summed E-state index contributed by atoms with van der Waals surface area (Å²) in [6.45, 7) is 0.985. The summed E-state index contributed by atoms with van der Waals surface area (Å²) < 4.78 is 0. The molecule has 0 bridgehead atoms. The van der Waals surface area contributed by atoms with Gasteiger partial charge in [0.05, 0.1) is 6.04 Å². The van der Waals surface area contributed by atoms with Crippen molar-refractivity contribution < 1.29 is 33.6 Å². The van der Waals surface area contributed by atoms with Crippen molar-refractivity contribution in [3.63, 3.8) is 0 Å². The molecule has 0 aromatic heterocycles. The van der Waals surface area contributed by atoms with Crippen molar-refractivity contribution in [3.05, 3.63) is 11.9 Å². The van der Waals surface area contributed by atoms with E-state index in [-0.39, 0.29) is 25.3 Å². The molecule has 2 aliphatic rings. The van der Waals surface area contributed by atoms with Crippen LogP contribution in [-0.2, 0) is 28.8 Å². The van der Waals surface area contributed by atoms with E-state index >= 15 is 0 Å². The van der Waals surface area contributed by atoms with Crippen LogP contribution in [0.25, 0.3) is 0 Å². The quantitative estimate of drug-likeness (QED) is 0.103. The van der Waals surface area contributed by atoms with Crippen LogP contribution >= 0.6 is 0 Å². The number of urea groups is 1. The van der Waals surface area contributed by atoms with Crippen molar-refractivity contribution in [1.82, 2.24) is 42.5 Å². The van der Waals surface area contributed by atoms with Crippen molar-refractivity contribution in [2.24, 2.45) is 33.7 Å². The Kier molecular flexibility index (Phi) is 14.6. The van der Waals surface area contributed by atoms with Gasteiger partial charge in [0.1, 0.15) is 29.9 Å². The molecule has 21 heteroatoms. The second-order valence-electron chi connectivity index (χ2n) is 10.6. The van der Waals surface area contributed by atoms with Crippen molar-refractivity contribution in [2.75, 3.05) is 26.2 Å². The zero-order valence-electron chi connectivity index (χ0n) is 25.4. The van der Waals surface area contributed by atoms with E-state index in [9.17, 15) is 33.6 Å². The first kappa shape index (κ1) is 37.2. The molecule has 2 rings (SSSR count). The molecule has 1 fully saturated rings. The van der Waals surface area contributed by atoms with Crippen LogP contribution in [0.3, 0.4) is 0 Å². The van der Waals surface area contributed by atoms with Gasteiger partial charge in [-0.3, -0.25) is 33.8 Å². The maximum Gasteiger partial charge on any atom is 0.316 e. The predicted molar refractivity (Wildman–Crippen MR) is 163 cm³/mol. The van der Waals surface area contributed by atoms with Gasteiger partial charge in [0, 0.05) is 38.3 Å². The largest absolute Gasteiger partial charge is 0.370 e. The Labute approximate surface area is 264 Å². The lowest BCUT2D eigenvalue weighted by Gasteiger charge is -2.31. The highest BCUT2D eigenvalue weighted by atomic mass is 16.2. The lowest BCUT2D eigenvalue weighted by molar-refractivity contribution is -0.134. The van der Waals surface area contributed by atoms with Crippen LogP contribution in [0.2, 0.25) is 0 Å². The third-order valence-electron chi connectivity index (χ3n) is 6.87. The number of nitrogens with two attached hydrogens (primary N) is 5. The number of amides is 8. The molecule has 0 radical (unpaired) electrons. The molecule has 46 heavy (non-hydrogen) atoms. The Bertz CT molecular complexity index is 1230. The number of carbonyl (C=O) groups is 7. The summed E-state index contributed by atoms with van der Waals surface area (Å²) >= 11 is 0. The van der Waals surface area contributed by atoms with Crippen LogP contribution in [0.4, 0.5) is 4.79 Å². The summed E-state index contributed by atoms with van der Waals surface area (Å²) in [6, 6.07) is -7.89. The first-order valence-corrected chi connectivity index (χ1v) is 14.5. The maximum atomic E-state index is 13.5. The molecule has 0 spiro atoms. The number of hydrogen-bond donors (Lipinski definition) is 13. The average Bonchev–Trinajstić information content (AvgIpc) is 3.00. The number of hydrogen-bond acceptors (Lipinski definition) is 13. The highest BCUT2D eigenvalue weighted by molar-refractivity contribution is 6.02. The predicted octanol–water partition coefficient (Wildman–Crippen LogP) is -7.21. The number of primary amides is 1. The SMILES string of the molecule is C[C@@H]1NC(=O)[C@@H](NC(=O)C[C@@H](N)CCCN)CNC(=O)[C@H](C2CCN=C(N)N2)NC(=O)/C(=C/NC(N)=O)NC(=O)[C@H](CN)NC1=O. The first-order valence-electron chi connectivity index (χ1n) is 14.5. The molecular formula is C25H44N14O7. The lowest BCUT2D eigenvalue weighted by atomic mass is 10.0. The minimum absolute atomic E-state index is 0.00378. The highest BCUT2D eigenvalue weighted by Gasteiger charge is 2.35. The Morgan fingerprint density at radius 1 is 1.02 bits per heavy atom. The van der Waals surface area contributed by atoms with E-state index in [0.717, 1.165) is 6.20 Å². The molecule has 1 saturated heterocycles. The highest BCUT2D eigenvalue weighted by Crippen LogP contribution is 2.07. The number of aliphatic imine (C=N–C) groups is 1. The number of guanidine groups is 1. The second kappa shape index (κ2) is 18.1. The van der Waals surface area contributed by atoms with Gasteiger partial charge in [0.2, 0.25) is 29.5 Å². The van der Waals surface area contributed by atoms with Crippen molar-refractivity contribution in [2.45, 2.75) is 68.9 Å². The van der Waals surface area contributed by atoms with Gasteiger partial charge in [0.25, 0.3) is 5.91 Å². The van der Waals surface area contributed by atoms with Gasteiger partial charge in [-0.2, -0.15) is 0 Å². The molecule has 0 saturated carbocycles. The van der Waals surface area contributed by atoms with E-state index in [1.165, 1.54) is 6.92 Å². The molecule has 0 aromatic rings. The van der Waals surface area contributed by atoms with Gasteiger partial charge >= 0.3 is 6.03 Å². The fourth-order valence-corrected chi connectivity index (χ4v) is 4.37. The minimum atomic E-state index is -1.41. The van der Waals surface area contributed by atoms with Crippen molar-refractivity contribution in [3.8, 4) is 0 Å². The molecule has 0 aromatic carbocycles. The molecule has 8 amide bonds.